The number of amides is 2. The second-order valence-corrected chi connectivity index (χ2v) is 6.05. The lowest BCUT2D eigenvalue weighted by molar-refractivity contribution is -0.130. The smallest absolute Gasteiger partial charge is 0.234 e. The van der Waals surface area contributed by atoms with Crippen LogP contribution in [0.2, 0.25) is 0 Å². The second kappa shape index (κ2) is 9.08. The largest absolute Gasteiger partial charge is 0.468 e. The van der Waals surface area contributed by atoms with Gasteiger partial charge < -0.3 is 14.6 Å². The van der Waals surface area contributed by atoms with Gasteiger partial charge in [-0.1, -0.05) is 0 Å². The number of nitriles is 1. The van der Waals surface area contributed by atoms with Crippen LogP contribution in [0.5, 0.6) is 0 Å². The van der Waals surface area contributed by atoms with Crippen LogP contribution >= 0.6 is 0 Å². The van der Waals surface area contributed by atoms with Crippen LogP contribution in [0.4, 0.5) is 0 Å². The first-order chi connectivity index (χ1) is 11.6. The molecule has 0 atom stereocenters. The number of furan rings is 1. The molecule has 1 saturated heterocycles. The van der Waals surface area contributed by atoms with Crippen LogP contribution < -0.4 is 5.32 Å². The number of hydrogen-bond donors (Lipinski definition) is 1. The zero-order chi connectivity index (χ0) is 17.4. The first-order valence-electron chi connectivity index (χ1n) is 8.25. The van der Waals surface area contributed by atoms with Crippen molar-refractivity contribution in [3.05, 3.63) is 24.2 Å². The minimum Gasteiger partial charge on any atom is -0.468 e. The quantitative estimate of drug-likeness (QED) is 0.808. The first-order valence-corrected chi connectivity index (χ1v) is 8.25. The van der Waals surface area contributed by atoms with Crippen molar-refractivity contribution in [3.63, 3.8) is 0 Å². The number of nitrogens with zero attached hydrogens (tertiary/aromatic N) is 3. The van der Waals surface area contributed by atoms with Crippen molar-refractivity contribution in [1.29, 1.82) is 5.26 Å². The number of hydrogen-bond acceptors (Lipinski definition) is 5. The average Bonchev–Trinajstić information content (AvgIpc) is 3.06. The maximum atomic E-state index is 12.3. The molecule has 2 amide bonds. The highest BCUT2D eigenvalue weighted by Crippen LogP contribution is 2.11. The zero-order valence-electron chi connectivity index (χ0n) is 14.0. The summed E-state index contributed by atoms with van der Waals surface area (Å²) in [4.78, 5) is 27.3. The van der Waals surface area contributed by atoms with E-state index in [9.17, 15) is 9.59 Å². The van der Waals surface area contributed by atoms with E-state index in [2.05, 4.69) is 11.4 Å². The first kappa shape index (κ1) is 18.0. The number of piperidine rings is 1. The molecule has 2 heterocycles. The van der Waals surface area contributed by atoms with Crippen LogP contribution in [0.1, 0.15) is 31.9 Å². The molecule has 1 aliphatic heterocycles. The van der Waals surface area contributed by atoms with Crippen molar-refractivity contribution in [3.8, 4) is 6.07 Å². The molecule has 0 spiro atoms. The van der Waals surface area contributed by atoms with Gasteiger partial charge in [0.15, 0.2) is 0 Å². The average molecular weight is 332 g/mol. The van der Waals surface area contributed by atoms with Gasteiger partial charge in [0, 0.05) is 39.0 Å². The predicted octanol–water partition coefficient (Wildman–Crippen LogP) is 1.12. The van der Waals surface area contributed by atoms with E-state index in [-0.39, 0.29) is 24.4 Å². The van der Waals surface area contributed by atoms with Crippen molar-refractivity contribution in [1.82, 2.24) is 15.1 Å². The molecule has 0 unspecified atom stereocenters. The molecule has 7 nitrogen and oxygen atoms in total. The summed E-state index contributed by atoms with van der Waals surface area (Å²) in [5.41, 5.74) is 0. The van der Waals surface area contributed by atoms with E-state index < -0.39 is 0 Å². The van der Waals surface area contributed by atoms with Crippen LogP contribution in [0.3, 0.4) is 0 Å². The molecule has 1 fully saturated rings. The van der Waals surface area contributed by atoms with Crippen molar-refractivity contribution >= 4 is 11.8 Å². The molecule has 0 saturated carbocycles. The zero-order valence-corrected chi connectivity index (χ0v) is 14.0. The molecular weight excluding hydrogens is 308 g/mol. The van der Waals surface area contributed by atoms with Gasteiger partial charge in [0.1, 0.15) is 5.76 Å². The van der Waals surface area contributed by atoms with Gasteiger partial charge in [0.2, 0.25) is 11.8 Å². The Hall–Kier alpha value is -2.33. The summed E-state index contributed by atoms with van der Waals surface area (Å²) in [5.74, 6) is 0.803. The van der Waals surface area contributed by atoms with Crippen molar-refractivity contribution in [2.45, 2.75) is 38.8 Å². The summed E-state index contributed by atoms with van der Waals surface area (Å²) < 4.78 is 5.32. The summed E-state index contributed by atoms with van der Waals surface area (Å²) in [6.07, 6.45) is 3.52. The van der Waals surface area contributed by atoms with Crippen LogP contribution in [0, 0.1) is 11.3 Å². The number of rotatable bonds is 7. The summed E-state index contributed by atoms with van der Waals surface area (Å²) in [6, 6.07) is 5.87. The minimum absolute atomic E-state index is 0.0548. The summed E-state index contributed by atoms with van der Waals surface area (Å²) in [6.45, 7) is 4.20. The van der Waals surface area contributed by atoms with Gasteiger partial charge in [-0.3, -0.25) is 14.5 Å². The number of carbonyl (C=O) groups is 2. The van der Waals surface area contributed by atoms with E-state index >= 15 is 0 Å². The van der Waals surface area contributed by atoms with E-state index in [0.29, 0.717) is 32.6 Å². The Labute approximate surface area is 142 Å². The molecule has 1 aromatic heterocycles. The third-order valence-corrected chi connectivity index (χ3v) is 4.17. The molecule has 2 rings (SSSR count). The Morgan fingerprint density at radius 3 is 2.79 bits per heavy atom. The van der Waals surface area contributed by atoms with Gasteiger partial charge in [-0.25, -0.2) is 0 Å². The van der Waals surface area contributed by atoms with Gasteiger partial charge in [-0.05, 0) is 25.0 Å². The standard InChI is InChI=1S/C17H24N4O3/c1-14(22)21-9-5-15(6-10-21)19-17(23)13-20(8-3-7-18)12-16-4-2-11-24-16/h2,4,11,15H,3,5-6,8-10,12-13H2,1H3,(H,19,23). The molecule has 1 N–H and O–H groups in total. The minimum atomic E-state index is -0.0548. The highest BCUT2D eigenvalue weighted by molar-refractivity contribution is 5.78. The summed E-state index contributed by atoms with van der Waals surface area (Å²) >= 11 is 0. The van der Waals surface area contributed by atoms with E-state index in [1.54, 1.807) is 24.2 Å². The van der Waals surface area contributed by atoms with Crippen LogP contribution in [-0.4, -0.2) is 53.8 Å². The van der Waals surface area contributed by atoms with E-state index in [0.717, 1.165) is 18.6 Å². The Kier molecular flexibility index (Phi) is 6.82. The highest BCUT2D eigenvalue weighted by Gasteiger charge is 2.22. The fourth-order valence-electron chi connectivity index (χ4n) is 2.86. The molecule has 7 heteroatoms. The molecule has 24 heavy (non-hydrogen) atoms. The fraction of sp³-hybridized carbons (Fsp3) is 0.588. The summed E-state index contributed by atoms with van der Waals surface area (Å²) in [7, 11) is 0. The van der Waals surface area contributed by atoms with Gasteiger partial charge in [-0.15, -0.1) is 0 Å². The van der Waals surface area contributed by atoms with E-state index in [1.807, 2.05) is 11.0 Å². The Balaban J connectivity index is 1.79. The molecule has 0 aromatic carbocycles. The molecule has 0 aliphatic carbocycles. The maximum Gasteiger partial charge on any atom is 0.234 e. The highest BCUT2D eigenvalue weighted by atomic mass is 16.3. The maximum absolute atomic E-state index is 12.3. The van der Waals surface area contributed by atoms with Crippen LogP contribution in [-0.2, 0) is 16.1 Å². The summed E-state index contributed by atoms with van der Waals surface area (Å²) in [5, 5.41) is 11.8. The molecule has 1 aliphatic rings. The van der Waals surface area contributed by atoms with E-state index in [1.165, 1.54) is 0 Å². The lowest BCUT2D eigenvalue weighted by atomic mass is 10.1. The molecule has 130 valence electrons. The van der Waals surface area contributed by atoms with Gasteiger partial charge in [0.05, 0.1) is 25.4 Å². The third kappa shape index (κ3) is 5.70. The SMILES string of the molecule is CC(=O)N1CCC(NC(=O)CN(CCC#N)Cc2ccco2)CC1. The van der Waals surface area contributed by atoms with Crippen LogP contribution in [0.25, 0.3) is 0 Å². The second-order valence-electron chi connectivity index (χ2n) is 6.05. The molecule has 0 radical (unpaired) electrons. The molecule has 0 bridgehead atoms. The van der Waals surface area contributed by atoms with Crippen LogP contribution in [0.15, 0.2) is 22.8 Å². The monoisotopic (exact) mass is 332 g/mol. The Morgan fingerprint density at radius 2 is 2.21 bits per heavy atom. The number of carbonyl (C=O) groups excluding carboxylic acids is 2. The van der Waals surface area contributed by atoms with E-state index in [4.69, 9.17) is 9.68 Å². The lowest BCUT2D eigenvalue weighted by Gasteiger charge is -2.32. The molecule has 1 aromatic rings. The topological polar surface area (TPSA) is 89.6 Å². The van der Waals surface area contributed by atoms with Gasteiger partial charge >= 0.3 is 0 Å². The normalized spacial score (nSPS) is 15.3. The Bertz CT molecular complexity index is 571. The number of likely N-dealkylation sites (tertiary alicyclic amines) is 1. The van der Waals surface area contributed by atoms with Crippen molar-refractivity contribution in [2.75, 3.05) is 26.2 Å². The Morgan fingerprint density at radius 1 is 1.46 bits per heavy atom. The third-order valence-electron chi connectivity index (χ3n) is 4.17. The molecular formula is C17H24N4O3. The predicted molar refractivity (Wildman–Crippen MR) is 87.6 cm³/mol. The number of nitrogens with one attached hydrogen (secondary N) is 1. The van der Waals surface area contributed by atoms with Crippen molar-refractivity contribution in [2.24, 2.45) is 0 Å². The lowest BCUT2D eigenvalue weighted by Crippen LogP contribution is -2.48. The van der Waals surface area contributed by atoms with Gasteiger partial charge in [0.25, 0.3) is 0 Å². The van der Waals surface area contributed by atoms with Gasteiger partial charge in [-0.2, -0.15) is 5.26 Å². The fourth-order valence-corrected chi connectivity index (χ4v) is 2.86. The van der Waals surface area contributed by atoms with Crippen molar-refractivity contribution < 1.29 is 14.0 Å².